The predicted octanol–water partition coefficient (Wildman–Crippen LogP) is 9.22. The van der Waals surface area contributed by atoms with Gasteiger partial charge in [0.2, 0.25) is 0 Å². The molecule has 0 aliphatic carbocycles. The van der Waals surface area contributed by atoms with Crippen molar-refractivity contribution in [3.05, 3.63) is 48.8 Å². The van der Waals surface area contributed by atoms with Crippen LogP contribution in [0, 0.1) is 0 Å². The van der Waals surface area contributed by atoms with E-state index in [4.69, 9.17) is 0 Å². The van der Waals surface area contributed by atoms with Gasteiger partial charge in [-0.05, 0) is 65.5 Å². The lowest BCUT2D eigenvalue weighted by Crippen LogP contribution is -2.11. The third kappa shape index (κ3) is 18.3. The third-order valence-corrected chi connectivity index (χ3v) is 6.60. The maximum absolute atomic E-state index is 4.52. The largest absolute Gasteiger partial charge is 0.303 e. The Balaban J connectivity index is 2.28. The van der Waals surface area contributed by atoms with Crippen LogP contribution in [0.25, 0.3) is 0 Å². The van der Waals surface area contributed by atoms with Gasteiger partial charge in [0, 0.05) is 6.54 Å². The zero-order valence-electron chi connectivity index (χ0n) is 23.5. The van der Waals surface area contributed by atoms with E-state index in [1.165, 1.54) is 103 Å². The highest BCUT2D eigenvalue weighted by atomic mass is 15.4. The van der Waals surface area contributed by atoms with E-state index >= 15 is 0 Å². The molecule has 4 heteroatoms. The number of aromatic nitrogens is 3. The topological polar surface area (TPSA) is 34.0 Å². The van der Waals surface area contributed by atoms with Crippen molar-refractivity contribution in [3.8, 4) is 0 Å². The van der Waals surface area contributed by atoms with Crippen LogP contribution in [0.1, 0.15) is 134 Å². The van der Waals surface area contributed by atoms with E-state index in [0.29, 0.717) is 6.04 Å². The number of allylic oxidation sites excluding steroid dienone is 5. The summed E-state index contributed by atoms with van der Waals surface area (Å²) in [5, 5.41) is 8.96. The Bertz CT molecular complexity index is 659. The smallest absolute Gasteiger partial charge is 0.0967 e. The first-order chi connectivity index (χ1) is 17.2. The summed E-state index contributed by atoms with van der Waals surface area (Å²) >= 11 is 0. The third-order valence-electron chi connectivity index (χ3n) is 6.60. The molecule has 4 nitrogen and oxygen atoms in total. The van der Waals surface area contributed by atoms with E-state index in [1.807, 2.05) is 6.08 Å². The van der Waals surface area contributed by atoms with Crippen molar-refractivity contribution >= 4 is 0 Å². The molecule has 0 saturated heterocycles. The molecule has 1 heterocycles. The van der Waals surface area contributed by atoms with Crippen LogP contribution in [0.3, 0.4) is 0 Å². The minimum atomic E-state index is 0.507. The minimum absolute atomic E-state index is 0.507. The van der Waals surface area contributed by atoms with Gasteiger partial charge in [-0.25, -0.2) is 4.68 Å². The summed E-state index contributed by atoms with van der Waals surface area (Å²) in [6, 6.07) is 0.507. The van der Waals surface area contributed by atoms with Crippen LogP contribution in [0.15, 0.2) is 43.2 Å². The van der Waals surface area contributed by atoms with E-state index in [0.717, 1.165) is 25.1 Å². The van der Waals surface area contributed by atoms with Crippen LogP contribution in [0.5, 0.6) is 0 Å². The van der Waals surface area contributed by atoms with Crippen LogP contribution in [-0.4, -0.2) is 34.0 Å². The summed E-state index contributed by atoms with van der Waals surface area (Å²) in [6.45, 7) is 6.83. The Hall–Kier alpha value is -1.68. The van der Waals surface area contributed by atoms with Gasteiger partial charge in [-0.1, -0.05) is 107 Å². The highest BCUT2D eigenvalue weighted by molar-refractivity contribution is 4.93. The summed E-state index contributed by atoms with van der Waals surface area (Å²) in [4.78, 5) is 2.16. The molecule has 1 aromatic heterocycles. The molecule has 0 spiro atoms. The zero-order chi connectivity index (χ0) is 25.4. The average molecular weight is 485 g/mol. The lowest BCUT2D eigenvalue weighted by Gasteiger charge is -2.17. The molecule has 0 aromatic carbocycles. The summed E-state index contributed by atoms with van der Waals surface area (Å²) in [6.07, 6.45) is 36.6. The molecule has 0 amide bonds. The number of unbranched alkanes of at least 4 members (excludes halogenated alkanes) is 12. The van der Waals surface area contributed by atoms with E-state index in [-0.39, 0.29) is 0 Å². The van der Waals surface area contributed by atoms with Gasteiger partial charge in [-0.15, -0.1) is 11.7 Å². The Labute approximate surface area is 218 Å². The van der Waals surface area contributed by atoms with Gasteiger partial charge < -0.3 is 4.90 Å². The van der Waals surface area contributed by atoms with Gasteiger partial charge in [0.05, 0.1) is 17.9 Å². The lowest BCUT2D eigenvalue weighted by atomic mass is 10.00. The van der Waals surface area contributed by atoms with Crippen molar-refractivity contribution in [2.75, 3.05) is 14.1 Å². The highest BCUT2D eigenvalue weighted by Gasteiger charge is 2.13. The Morgan fingerprint density at radius 2 is 1.34 bits per heavy atom. The van der Waals surface area contributed by atoms with Gasteiger partial charge in [-0.3, -0.25) is 0 Å². The fraction of sp³-hybridized carbons (Fsp3) is 0.742. The first kappa shape index (κ1) is 31.4. The lowest BCUT2D eigenvalue weighted by molar-refractivity contribution is 0.359. The fourth-order valence-corrected chi connectivity index (χ4v) is 4.59. The first-order valence-corrected chi connectivity index (χ1v) is 14.6. The van der Waals surface area contributed by atoms with Gasteiger partial charge in [0.1, 0.15) is 0 Å². The molecule has 0 N–H and O–H groups in total. The molecule has 0 aliphatic rings. The maximum atomic E-state index is 4.52. The molecule has 0 bridgehead atoms. The van der Waals surface area contributed by atoms with Gasteiger partial charge in [-0.2, -0.15) is 0 Å². The van der Waals surface area contributed by atoms with Crippen molar-refractivity contribution in [2.45, 2.75) is 135 Å². The van der Waals surface area contributed by atoms with E-state index in [9.17, 15) is 0 Å². The molecular formula is C31H56N4. The molecule has 1 rings (SSSR count). The second-order valence-electron chi connectivity index (χ2n) is 10.4. The molecule has 1 aromatic rings. The van der Waals surface area contributed by atoms with E-state index < -0.39 is 0 Å². The fourth-order valence-electron chi connectivity index (χ4n) is 4.59. The van der Waals surface area contributed by atoms with Crippen molar-refractivity contribution < 1.29 is 0 Å². The van der Waals surface area contributed by atoms with Crippen LogP contribution in [0.2, 0.25) is 0 Å². The summed E-state index contributed by atoms with van der Waals surface area (Å²) in [5.41, 5.74) is 1.08. The molecule has 1 atom stereocenters. The van der Waals surface area contributed by atoms with Crippen molar-refractivity contribution in [1.82, 2.24) is 19.9 Å². The maximum Gasteiger partial charge on any atom is 0.0967 e. The molecule has 35 heavy (non-hydrogen) atoms. The zero-order valence-corrected chi connectivity index (χ0v) is 23.5. The van der Waals surface area contributed by atoms with Gasteiger partial charge in [0.15, 0.2) is 0 Å². The highest BCUT2D eigenvalue weighted by Crippen LogP contribution is 2.23. The summed E-state index contributed by atoms with van der Waals surface area (Å²) < 4.78 is 2.18. The normalized spacial score (nSPS) is 12.9. The number of nitrogens with zero attached hydrogens (tertiary/aromatic N) is 4. The molecule has 0 radical (unpaired) electrons. The SMILES string of the molecule is C=CC/C=C\CCCCCCCCC(CCCCCCCC/C=C\CC)n1cc(CN(C)C)nn1. The summed E-state index contributed by atoms with van der Waals surface area (Å²) in [7, 11) is 4.18. The molecule has 0 fully saturated rings. The Kier molecular flexibility index (Phi) is 20.4. The number of hydrogen-bond donors (Lipinski definition) is 0. The molecule has 200 valence electrons. The second-order valence-corrected chi connectivity index (χ2v) is 10.4. The van der Waals surface area contributed by atoms with E-state index in [2.05, 4.69) is 78.0 Å². The van der Waals surface area contributed by atoms with Gasteiger partial charge in [0.25, 0.3) is 0 Å². The quantitative estimate of drug-likeness (QED) is 0.108. The van der Waals surface area contributed by atoms with Crippen LogP contribution in [0.4, 0.5) is 0 Å². The molecule has 0 saturated carbocycles. The molecule has 0 aliphatic heterocycles. The van der Waals surface area contributed by atoms with Crippen LogP contribution >= 0.6 is 0 Å². The van der Waals surface area contributed by atoms with Gasteiger partial charge >= 0.3 is 0 Å². The Morgan fingerprint density at radius 1 is 0.800 bits per heavy atom. The van der Waals surface area contributed by atoms with Crippen LogP contribution in [-0.2, 0) is 6.54 Å². The average Bonchev–Trinajstić information content (AvgIpc) is 3.29. The molecule has 1 unspecified atom stereocenters. The molecular weight excluding hydrogens is 428 g/mol. The second kappa shape index (κ2) is 22.8. The number of hydrogen-bond acceptors (Lipinski definition) is 3. The van der Waals surface area contributed by atoms with Crippen molar-refractivity contribution in [3.63, 3.8) is 0 Å². The number of rotatable bonds is 24. The van der Waals surface area contributed by atoms with Crippen LogP contribution < -0.4 is 0 Å². The van der Waals surface area contributed by atoms with Crippen molar-refractivity contribution in [1.29, 1.82) is 0 Å². The monoisotopic (exact) mass is 484 g/mol. The predicted molar refractivity (Wildman–Crippen MR) is 154 cm³/mol. The standard InChI is InChI=1S/C31H56N4/c1-5-7-9-11-13-15-17-19-21-23-25-27-31(35-29-30(32-33-35)28-34(3)4)26-24-22-20-18-16-14-12-10-8-6-2/h5,8-11,29,31H,1,6-7,12-28H2,2-4H3/b10-8-,11-9-. The summed E-state index contributed by atoms with van der Waals surface area (Å²) in [5.74, 6) is 0. The van der Waals surface area contributed by atoms with Crippen molar-refractivity contribution in [2.24, 2.45) is 0 Å². The minimum Gasteiger partial charge on any atom is -0.303 e. The van der Waals surface area contributed by atoms with E-state index in [1.54, 1.807) is 0 Å². The Morgan fingerprint density at radius 3 is 1.89 bits per heavy atom. The first-order valence-electron chi connectivity index (χ1n) is 14.6.